The molecule has 0 amide bonds. The Bertz CT molecular complexity index is 568. The standard InChI is InChI=1S/C19H32O8/c1-9(21)5-6-11-10(2)14(22)12(7-19(11,3)4)26-18-17(25)16(24)15(23)13(8-20)27-18/h5-6,9,12-18,20-25H,7-8H2,1-4H3/b6-5+/t9-,12-,13-,14+,15-,16+,17-,18-/m0/s1. The van der Waals surface area contributed by atoms with Crippen LogP contribution in [-0.4, -0.2) is 86.3 Å². The zero-order valence-corrected chi connectivity index (χ0v) is 16.2. The highest BCUT2D eigenvalue weighted by Gasteiger charge is 2.47. The second kappa shape index (κ2) is 8.67. The molecule has 27 heavy (non-hydrogen) atoms. The van der Waals surface area contributed by atoms with Crippen LogP contribution in [-0.2, 0) is 9.47 Å². The molecule has 1 heterocycles. The average molecular weight is 388 g/mol. The lowest BCUT2D eigenvalue weighted by molar-refractivity contribution is -0.318. The number of aliphatic hydroxyl groups excluding tert-OH is 6. The topological polar surface area (TPSA) is 140 Å². The molecule has 0 aromatic rings. The molecule has 8 nitrogen and oxygen atoms in total. The first kappa shape index (κ1) is 22.4. The summed E-state index contributed by atoms with van der Waals surface area (Å²) in [4.78, 5) is 0. The van der Waals surface area contributed by atoms with E-state index in [4.69, 9.17) is 9.47 Å². The van der Waals surface area contributed by atoms with Crippen LogP contribution in [0.4, 0.5) is 0 Å². The maximum Gasteiger partial charge on any atom is 0.187 e. The molecule has 6 N–H and O–H groups in total. The number of allylic oxidation sites excluding steroid dienone is 2. The van der Waals surface area contributed by atoms with Crippen LogP contribution in [0.25, 0.3) is 0 Å². The van der Waals surface area contributed by atoms with Gasteiger partial charge < -0.3 is 40.1 Å². The number of ether oxygens (including phenoxy) is 2. The summed E-state index contributed by atoms with van der Waals surface area (Å²) < 4.78 is 11.2. The third-order valence-electron chi connectivity index (χ3n) is 5.36. The predicted octanol–water partition coefficient (Wildman–Crippen LogP) is -0.784. The van der Waals surface area contributed by atoms with Gasteiger partial charge in [-0.1, -0.05) is 26.0 Å². The van der Waals surface area contributed by atoms with Crippen molar-refractivity contribution in [2.45, 2.75) is 83.1 Å². The summed E-state index contributed by atoms with van der Waals surface area (Å²) in [5, 5.41) is 59.4. The molecule has 1 aliphatic carbocycles. The van der Waals surface area contributed by atoms with Crippen LogP contribution in [0.2, 0.25) is 0 Å². The molecule has 0 bridgehead atoms. The average Bonchev–Trinajstić information content (AvgIpc) is 2.59. The van der Waals surface area contributed by atoms with E-state index in [9.17, 15) is 30.6 Å². The van der Waals surface area contributed by atoms with Gasteiger partial charge in [0.25, 0.3) is 0 Å². The van der Waals surface area contributed by atoms with E-state index in [1.807, 2.05) is 13.8 Å². The fraction of sp³-hybridized carbons (Fsp3) is 0.789. The van der Waals surface area contributed by atoms with Crippen LogP contribution in [0.1, 0.15) is 34.1 Å². The molecule has 1 aliphatic heterocycles. The minimum absolute atomic E-state index is 0.381. The summed E-state index contributed by atoms with van der Waals surface area (Å²) in [6, 6.07) is 0. The quantitative estimate of drug-likeness (QED) is 0.360. The smallest absolute Gasteiger partial charge is 0.187 e. The molecular formula is C19H32O8. The van der Waals surface area contributed by atoms with Gasteiger partial charge >= 0.3 is 0 Å². The Morgan fingerprint density at radius 2 is 1.81 bits per heavy atom. The molecular weight excluding hydrogens is 356 g/mol. The van der Waals surface area contributed by atoms with Crippen LogP contribution in [0.3, 0.4) is 0 Å². The summed E-state index contributed by atoms with van der Waals surface area (Å²) in [6.45, 7) is 6.83. The van der Waals surface area contributed by atoms with Crippen molar-refractivity contribution in [2.24, 2.45) is 5.41 Å². The molecule has 8 heteroatoms. The van der Waals surface area contributed by atoms with E-state index in [-0.39, 0.29) is 5.41 Å². The van der Waals surface area contributed by atoms with E-state index < -0.39 is 55.6 Å². The van der Waals surface area contributed by atoms with Gasteiger partial charge in [0.2, 0.25) is 0 Å². The number of hydrogen-bond donors (Lipinski definition) is 6. The molecule has 1 fully saturated rings. The van der Waals surface area contributed by atoms with Crippen LogP contribution < -0.4 is 0 Å². The molecule has 2 rings (SSSR count). The number of rotatable bonds is 5. The molecule has 0 unspecified atom stereocenters. The fourth-order valence-electron chi connectivity index (χ4n) is 3.76. The molecule has 0 aromatic carbocycles. The van der Waals surface area contributed by atoms with Gasteiger partial charge in [0.15, 0.2) is 6.29 Å². The fourth-order valence-corrected chi connectivity index (χ4v) is 3.76. The zero-order chi connectivity index (χ0) is 20.5. The van der Waals surface area contributed by atoms with Crippen molar-refractivity contribution in [3.63, 3.8) is 0 Å². The highest BCUT2D eigenvalue weighted by molar-refractivity contribution is 5.36. The highest BCUT2D eigenvalue weighted by Crippen LogP contribution is 2.43. The molecule has 8 atom stereocenters. The molecule has 0 radical (unpaired) electrons. The largest absolute Gasteiger partial charge is 0.394 e. The number of aliphatic hydroxyl groups is 6. The van der Waals surface area contributed by atoms with Gasteiger partial charge in [0.05, 0.1) is 18.8 Å². The molecule has 0 saturated carbocycles. The summed E-state index contributed by atoms with van der Waals surface area (Å²) in [7, 11) is 0. The maximum absolute atomic E-state index is 10.7. The number of hydrogen-bond acceptors (Lipinski definition) is 8. The lowest BCUT2D eigenvalue weighted by atomic mass is 9.70. The maximum atomic E-state index is 10.7. The van der Waals surface area contributed by atoms with Gasteiger partial charge in [-0.2, -0.15) is 0 Å². The first-order valence-electron chi connectivity index (χ1n) is 9.21. The monoisotopic (exact) mass is 388 g/mol. The Morgan fingerprint density at radius 1 is 1.19 bits per heavy atom. The van der Waals surface area contributed by atoms with Crippen molar-refractivity contribution in [2.75, 3.05) is 6.61 Å². The van der Waals surface area contributed by atoms with E-state index in [1.165, 1.54) is 0 Å². The Morgan fingerprint density at radius 3 is 2.37 bits per heavy atom. The summed E-state index contributed by atoms with van der Waals surface area (Å²) in [6.07, 6.45) is -5.32. The summed E-state index contributed by atoms with van der Waals surface area (Å²) >= 11 is 0. The Kier molecular flexibility index (Phi) is 7.21. The zero-order valence-electron chi connectivity index (χ0n) is 16.2. The van der Waals surface area contributed by atoms with Gasteiger partial charge in [-0.3, -0.25) is 0 Å². The van der Waals surface area contributed by atoms with Crippen molar-refractivity contribution in [1.29, 1.82) is 0 Å². The van der Waals surface area contributed by atoms with Crippen molar-refractivity contribution in [3.05, 3.63) is 23.3 Å². The first-order chi connectivity index (χ1) is 12.5. The third-order valence-corrected chi connectivity index (χ3v) is 5.36. The van der Waals surface area contributed by atoms with Gasteiger partial charge in [-0.05, 0) is 36.8 Å². The molecule has 2 aliphatic rings. The van der Waals surface area contributed by atoms with E-state index in [2.05, 4.69) is 0 Å². The Hall–Kier alpha value is -0.840. The van der Waals surface area contributed by atoms with Crippen molar-refractivity contribution in [3.8, 4) is 0 Å². The van der Waals surface area contributed by atoms with Gasteiger partial charge in [0, 0.05) is 0 Å². The van der Waals surface area contributed by atoms with Gasteiger partial charge in [0.1, 0.15) is 30.5 Å². The van der Waals surface area contributed by atoms with Crippen molar-refractivity contribution < 1.29 is 40.1 Å². The Balaban J connectivity index is 2.21. The predicted molar refractivity (Wildman–Crippen MR) is 96.6 cm³/mol. The SMILES string of the molecule is CC1=C(/C=C/[C@H](C)O)C(C)(C)C[C@H](O[C@H]2O[C@@H](CO)[C@H](O)[C@@H](O)[C@@H]2O)[C@@H]1O. The van der Waals surface area contributed by atoms with E-state index in [1.54, 1.807) is 26.0 Å². The lowest BCUT2D eigenvalue weighted by Crippen LogP contribution is -2.60. The minimum atomic E-state index is -1.53. The molecule has 1 saturated heterocycles. The minimum Gasteiger partial charge on any atom is -0.394 e. The van der Waals surface area contributed by atoms with E-state index in [0.29, 0.717) is 12.0 Å². The molecule has 156 valence electrons. The lowest BCUT2D eigenvalue weighted by Gasteiger charge is -2.45. The second-order valence-electron chi connectivity index (χ2n) is 8.10. The molecule has 0 aromatic heterocycles. The first-order valence-corrected chi connectivity index (χ1v) is 9.21. The summed E-state index contributed by atoms with van der Waals surface area (Å²) in [5.74, 6) is 0. The van der Waals surface area contributed by atoms with E-state index in [0.717, 1.165) is 5.57 Å². The van der Waals surface area contributed by atoms with Gasteiger partial charge in [-0.15, -0.1) is 0 Å². The van der Waals surface area contributed by atoms with E-state index >= 15 is 0 Å². The van der Waals surface area contributed by atoms with Crippen LogP contribution >= 0.6 is 0 Å². The Labute approximate surface area is 159 Å². The third kappa shape index (κ3) is 4.78. The van der Waals surface area contributed by atoms with Crippen molar-refractivity contribution >= 4 is 0 Å². The summed E-state index contributed by atoms with van der Waals surface area (Å²) in [5.41, 5.74) is 1.19. The van der Waals surface area contributed by atoms with Crippen LogP contribution in [0.15, 0.2) is 23.3 Å². The van der Waals surface area contributed by atoms with Crippen LogP contribution in [0.5, 0.6) is 0 Å². The normalized spacial score (nSPS) is 41.2. The molecule has 0 spiro atoms. The van der Waals surface area contributed by atoms with Crippen LogP contribution in [0, 0.1) is 5.41 Å². The second-order valence-corrected chi connectivity index (χ2v) is 8.10. The van der Waals surface area contributed by atoms with Crippen molar-refractivity contribution in [1.82, 2.24) is 0 Å². The highest BCUT2D eigenvalue weighted by atomic mass is 16.7. The van der Waals surface area contributed by atoms with Gasteiger partial charge in [-0.25, -0.2) is 0 Å².